The number of likely N-dealkylation sites (tertiary alicyclic amines) is 2. The van der Waals surface area contributed by atoms with E-state index in [4.69, 9.17) is 4.74 Å². The molecule has 2 rings (SSSR count). The van der Waals surface area contributed by atoms with Crippen LogP contribution in [0.2, 0.25) is 0 Å². The second-order valence-electron chi connectivity index (χ2n) is 9.02. The van der Waals surface area contributed by atoms with Gasteiger partial charge in [0.15, 0.2) is 0 Å². The lowest BCUT2D eigenvalue weighted by Crippen LogP contribution is -2.43. The molecule has 0 aromatic rings. The molecule has 2 fully saturated rings. The van der Waals surface area contributed by atoms with E-state index in [0.29, 0.717) is 38.1 Å². The van der Waals surface area contributed by atoms with Crippen LogP contribution in [0, 0.1) is 17.8 Å². The van der Waals surface area contributed by atoms with Crippen LogP contribution >= 0.6 is 0 Å². The number of rotatable bonds is 9. The van der Waals surface area contributed by atoms with Crippen molar-refractivity contribution in [2.24, 2.45) is 17.8 Å². The maximum absolute atomic E-state index is 12.3. The van der Waals surface area contributed by atoms with Crippen LogP contribution in [0.5, 0.6) is 0 Å². The number of hydrogen-bond donors (Lipinski definition) is 1. The molecular weight excluding hydrogens is 354 g/mol. The van der Waals surface area contributed by atoms with Crippen molar-refractivity contribution in [3.8, 4) is 0 Å². The van der Waals surface area contributed by atoms with E-state index in [1.807, 2.05) is 4.90 Å². The van der Waals surface area contributed by atoms with Crippen molar-refractivity contribution in [1.82, 2.24) is 15.1 Å². The summed E-state index contributed by atoms with van der Waals surface area (Å²) in [5, 5.41) is 2.99. The molecule has 2 amide bonds. The molecule has 0 aromatic carbocycles. The van der Waals surface area contributed by atoms with Crippen molar-refractivity contribution in [2.75, 3.05) is 45.9 Å². The second-order valence-corrected chi connectivity index (χ2v) is 9.02. The van der Waals surface area contributed by atoms with Gasteiger partial charge in [0, 0.05) is 31.6 Å². The van der Waals surface area contributed by atoms with Crippen molar-refractivity contribution < 1.29 is 14.3 Å². The van der Waals surface area contributed by atoms with Gasteiger partial charge in [-0.15, -0.1) is 0 Å². The quantitative estimate of drug-likeness (QED) is 0.610. The Bertz CT molecular complexity index is 435. The van der Waals surface area contributed by atoms with E-state index in [2.05, 4.69) is 37.9 Å². The summed E-state index contributed by atoms with van der Waals surface area (Å²) in [6, 6.07) is 0.557. The third kappa shape index (κ3) is 7.36. The number of nitrogens with one attached hydrogen (secondary N) is 1. The minimum absolute atomic E-state index is 0.130. The van der Waals surface area contributed by atoms with Gasteiger partial charge < -0.3 is 19.9 Å². The molecule has 0 aliphatic carbocycles. The zero-order valence-electron chi connectivity index (χ0n) is 18.4. The lowest BCUT2D eigenvalue weighted by atomic mass is 9.86. The fraction of sp³-hybridized carbons (Fsp3) is 0.909. The molecule has 2 aliphatic heterocycles. The predicted octanol–water partition coefficient (Wildman–Crippen LogP) is 2.52. The SMILES string of the molecule is CC(C)C1CCN(C(=O)CCOCCNC(=O)C2CCN(C(C)C)CC2)CC1. The normalized spacial score (nSPS) is 20.1. The summed E-state index contributed by atoms with van der Waals surface area (Å²) in [7, 11) is 0. The van der Waals surface area contributed by atoms with E-state index in [1.165, 1.54) is 0 Å². The highest BCUT2D eigenvalue weighted by atomic mass is 16.5. The summed E-state index contributed by atoms with van der Waals surface area (Å²) in [5.74, 6) is 1.93. The van der Waals surface area contributed by atoms with Gasteiger partial charge in [0.05, 0.1) is 19.6 Å². The van der Waals surface area contributed by atoms with E-state index in [9.17, 15) is 9.59 Å². The van der Waals surface area contributed by atoms with Crippen molar-refractivity contribution in [3.63, 3.8) is 0 Å². The monoisotopic (exact) mass is 395 g/mol. The van der Waals surface area contributed by atoms with Gasteiger partial charge >= 0.3 is 0 Å². The van der Waals surface area contributed by atoms with Crippen LogP contribution in [0.15, 0.2) is 0 Å². The Kier molecular flexibility index (Phi) is 9.72. The first-order chi connectivity index (χ1) is 13.4. The van der Waals surface area contributed by atoms with Gasteiger partial charge in [-0.1, -0.05) is 13.8 Å². The lowest BCUT2D eigenvalue weighted by molar-refractivity contribution is -0.134. The molecule has 0 saturated carbocycles. The standard InChI is InChI=1S/C22H41N3O3/c1-17(2)19-5-13-25(14-6-19)21(26)9-15-28-16-10-23-22(27)20-7-11-24(12-8-20)18(3)4/h17-20H,5-16H2,1-4H3,(H,23,27). The zero-order valence-corrected chi connectivity index (χ0v) is 18.4. The third-order valence-corrected chi connectivity index (χ3v) is 6.47. The number of carbonyl (C=O) groups excluding carboxylic acids is 2. The summed E-state index contributed by atoms with van der Waals surface area (Å²) in [4.78, 5) is 28.9. The molecular formula is C22H41N3O3. The van der Waals surface area contributed by atoms with Gasteiger partial charge in [0.2, 0.25) is 11.8 Å². The largest absolute Gasteiger partial charge is 0.379 e. The first-order valence-corrected chi connectivity index (χ1v) is 11.3. The molecule has 0 atom stereocenters. The van der Waals surface area contributed by atoms with Crippen LogP contribution in [0.1, 0.15) is 59.8 Å². The summed E-state index contributed by atoms with van der Waals surface area (Å²) < 4.78 is 5.57. The molecule has 2 aliphatic rings. The Labute approximate surface area is 171 Å². The number of carbonyl (C=O) groups is 2. The smallest absolute Gasteiger partial charge is 0.224 e. The molecule has 6 heteroatoms. The van der Waals surface area contributed by atoms with Crippen LogP contribution in [0.4, 0.5) is 0 Å². The van der Waals surface area contributed by atoms with Crippen LogP contribution in [-0.2, 0) is 14.3 Å². The minimum atomic E-state index is 0.130. The Balaban J connectivity index is 1.49. The number of piperidine rings is 2. The summed E-state index contributed by atoms with van der Waals surface area (Å²) >= 11 is 0. The Morgan fingerprint density at radius 3 is 2.18 bits per heavy atom. The van der Waals surface area contributed by atoms with Gasteiger partial charge in [0.25, 0.3) is 0 Å². The van der Waals surface area contributed by atoms with E-state index in [-0.39, 0.29) is 17.7 Å². The Morgan fingerprint density at radius 2 is 1.61 bits per heavy atom. The highest BCUT2D eigenvalue weighted by Crippen LogP contribution is 2.24. The first kappa shape index (κ1) is 23.1. The maximum Gasteiger partial charge on any atom is 0.224 e. The highest BCUT2D eigenvalue weighted by Gasteiger charge is 2.26. The van der Waals surface area contributed by atoms with Crippen LogP contribution in [-0.4, -0.2) is 73.6 Å². The van der Waals surface area contributed by atoms with Crippen LogP contribution < -0.4 is 5.32 Å². The molecule has 1 N–H and O–H groups in total. The summed E-state index contributed by atoms with van der Waals surface area (Å²) in [6.45, 7) is 14.1. The van der Waals surface area contributed by atoms with Gasteiger partial charge in [-0.2, -0.15) is 0 Å². The van der Waals surface area contributed by atoms with E-state index >= 15 is 0 Å². The first-order valence-electron chi connectivity index (χ1n) is 11.3. The van der Waals surface area contributed by atoms with Crippen LogP contribution in [0.25, 0.3) is 0 Å². The molecule has 0 radical (unpaired) electrons. The number of nitrogens with zero attached hydrogens (tertiary/aromatic N) is 2. The van der Waals surface area contributed by atoms with Crippen molar-refractivity contribution in [1.29, 1.82) is 0 Å². The van der Waals surface area contributed by atoms with Gasteiger partial charge in [-0.3, -0.25) is 9.59 Å². The molecule has 0 bridgehead atoms. The third-order valence-electron chi connectivity index (χ3n) is 6.47. The van der Waals surface area contributed by atoms with Gasteiger partial charge in [0.1, 0.15) is 0 Å². The van der Waals surface area contributed by atoms with Gasteiger partial charge in [-0.25, -0.2) is 0 Å². The van der Waals surface area contributed by atoms with Crippen molar-refractivity contribution in [3.05, 3.63) is 0 Å². The molecule has 0 aromatic heterocycles. The molecule has 2 heterocycles. The second kappa shape index (κ2) is 11.8. The zero-order chi connectivity index (χ0) is 20.5. The average Bonchev–Trinajstić information content (AvgIpc) is 2.70. The Hall–Kier alpha value is -1.14. The highest BCUT2D eigenvalue weighted by molar-refractivity contribution is 5.78. The number of ether oxygens (including phenoxy) is 1. The van der Waals surface area contributed by atoms with Crippen molar-refractivity contribution in [2.45, 2.75) is 65.8 Å². The topological polar surface area (TPSA) is 61.9 Å². The average molecular weight is 396 g/mol. The van der Waals surface area contributed by atoms with Crippen LogP contribution in [0.3, 0.4) is 0 Å². The van der Waals surface area contributed by atoms with Crippen molar-refractivity contribution >= 4 is 11.8 Å². The van der Waals surface area contributed by atoms with E-state index in [1.54, 1.807) is 0 Å². The van der Waals surface area contributed by atoms with E-state index < -0.39 is 0 Å². The lowest BCUT2D eigenvalue weighted by Gasteiger charge is -2.34. The molecule has 0 unspecified atom stereocenters. The maximum atomic E-state index is 12.3. The number of hydrogen-bond acceptors (Lipinski definition) is 4. The molecule has 2 saturated heterocycles. The van der Waals surface area contributed by atoms with E-state index in [0.717, 1.165) is 57.8 Å². The fourth-order valence-electron chi connectivity index (χ4n) is 4.30. The predicted molar refractivity (Wildman–Crippen MR) is 112 cm³/mol. The summed E-state index contributed by atoms with van der Waals surface area (Å²) in [5.41, 5.74) is 0. The molecule has 6 nitrogen and oxygen atoms in total. The number of amides is 2. The minimum Gasteiger partial charge on any atom is -0.379 e. The molecule has 28 heavy (non-hydrogen) atoms. The Morgan fingerprint density at radius 1 is 0.964 bits per heavy atom. The molecule has 162 valence electrons. The van der Waals surface area contributed by atoms with Gasteiger partial charge in [-0.05, 0) is 64.5 Å². The fourth-order valence-corrected chi connectivity index (χ4v) is 4.30. The summed E-state index contributed by atoms with van der Waals surface area (Å²) in [6.07, 6.45) is 4.55. The molecule has 0 spiro atoms.